The predicted octanol–water partition coefficient (Wildman–Crippen LogP) is 3.08. The van der Waals surface area contributed by atoms with Crippen molar-refractivity contribution in [2.24, 2.45) is 16.8 Å². The van der Waals surface area contributed by atoms with Crippen LogP contribution in [0.25, 0.3) is 0 Å². The second-order valence-corrected chi connectivity index (χ2v) is 7.52. The summed E-state index contributed by atoms with van der Waals surface area (Å²) in [5.41, 5.74) is -1.48. The highest BCUT2D eigenvalue weighted by molar-refractivity contribution is 5.91. The quantitative estimate of drug-likeness (QED) is 0.746. The maximum Gasteiger partial charge on any atom is 0.338 e. The summed E-state index contributed by atoms with van der Waals surface area (Å²) in [6, 6.07) is 0. The van der Waals surface area contributed by atoms with Crippen molar-refractivity contribution in [3.05, 3.63) is 12.2 Å². The summed E-state index contributed by atoms with van der Waals surface area (Å²) in [5.74, 6) is -0.259. The van der Waals surface area contributed by atoms with Gasteiger partial charge in [0.25, 0.3) is 0 Å². The highest BCUT2D eigenvalue weighted by Gasteiger charge is 2.43. The number of methoxy groups -OCH3 is 1. The molecule has 2 aliphatic rings. The zero-order valence-electron chi connectivity index (χ0n) is 14.5. The van der Waals surface area contributed by atoms with E-state index in [1.807, 2.05) is 26.8 Å². The largest absolute Gasteiger partial charge is 0.469 e. The molecule has 23 heavy (non-hydrogen) atoms. The molecule has 1 saturated carbocycles. The van der Waals surface area contributed by atoms with Gasteiger partial charge in [0.05, 0.1) is 13.0 Å². The van der Waals surface area contributed by atoms with Crippen molar-refractivity contribution in [1.82, 2.24) is 0 Å². The first-order valence-electron chi connectivity index (χ1n) is 8.30. The average Bonchev–Trinajstić information content (AvgIpc) is 2.95. The fraction of sp³-hybridized carbons (Fsp3) is 0.722. The van der Waals surface area contributed by atoms with Crippen LogP contribution in [0.1, 0.15) is 52.9 Å². The molecule has 1 aliphatic heterocycles. The zero-order chi connectivity index (χ0) is 17.1. The Bertz CT molecular complexity index is 504. The molecule has 5 nitrogen and oxygen atoms in total. The summed E-state index contributed by atoms with van der Waals surface area (Å²) in [4.78, 5) is 28.9. The van der Waals surface area contributed by atoms with E-state index in [9.17, 15) is 9.59 Å². The molecular weight excluding hydrogens is 294 g/mol. The van der Waals surface area contributed by atoms with Gasteiger partial charge < -0.3 is 9.47 Å². The van der Waals surface area contributed by atoms with Crippen LogP contribution in [0.3, 0.4) is 0 Å². The number of aliphatic imine (C=N–C) groups is 1. The van der Waals surface area contributed by atoms with Crippen LogP contribution in [0, 0.1) is 11.8 Å². The van der Waals surface area contributed by atoms with Gasteiger partial charge >= 0.3 is 11.9 Å². The van der Waals surface area contributed by atoms with E-state index in [0.717, 1.165) is 25.7 Å². The van der Waals surface area contributed by atoms with E-state index < -0.39 is 11.1 Å². The number of allylic oxidation sites excluding steroid dienone is 1. The van der Waals surface area contributed by atoms with Crippen molar-refractivity contribution in [3.8, 4) is 0 Å². The molecule has 0 bridgehead atoms. The first kappa shape index (κ1) is 17.7. The van der Waals surface area contributed by atoms with E-state index in [-0.39, 0.29) is 23.8 Å². The van der Waals surface area contributed by atoms with Crippen LogP contribution in [0.5, 0.6) is 0 Å². The van der Waals surface area contributed by atoms with Crippen molar-refractivity contribution in [1.29, 1.82) is 0 Å². The Morgan fingerprint density at radius 1 is 1.30 bits per heavy atom. The molecule has 1 fully saturated rings. The van der Waals surface area contributed by atoms with Gasteiger partial charge in [-0.25, -0.2) is 4.79 Å². The molecule has 0 saturated heterocycles. The molecule has 128 valence electrons. The smallest absolute Gasteiger partial charge is 0.338 e. The van der Waals surface area contributed by atoms with Crippen molar-refractivity contribution in [3.63, 3.8) is 0 Å². The molecule has 0 spiro atoms. The van der Waals surface area contributed by atoms with E-state index >= 15 is 0 Å². The molecule has 3 unspecified atom stereocenters. The monoisotopic (exact) mass is 321 g/mol. The van der Waals surface area contributed by atoms with Gasteiger partial charge in [0.2, 0.25) is 0 Å². The van der Waals surface area contributed by atoms with Crippen LogP contribution in [0.2, 0.25) is 0 Å². The first-order valence-corrected chi connectivity index (χ1v) is 8.30. The van der Waals surface area contributed by atoms with Crippen molar-refractivity contribution < 1.29 is 19.1 Å². The molecule has 0 amide bonds. The van der Waals surface area contributed by atoms with E-state index in [1.165, 1.54) is 7.11 Å². The molecule has 0 radical (unpaired) electrons. The average molecular weight is 321 g/mol. The van der Waals surface area contributed by atoms with Crippen molar-refractivity contribution in [2.45, 2.75) is 64.0 Å². The fourth-order valence-electron chi connectivity index (χ4n) is 3.41. The number of esters is 2. The van der Waals surface area contributed by atoms with Crippen LogP contribution >= 0.6 is 0 Å². The number of rotatable bonds is 4. The molecular formula is C18H27NO4. The molecule has 3 atom stereocenters. The van der Waals surface area contributed by atoms with E-state index in [4.69, 9.17) is 9.47 Å². The number of ether oxygens (including phenoxy) is 2. The molecule has 2 rings (SSSR count). The molecule has 5 heteroatoms. The Kier molecular flexibility index (Phi) is 5.27. The molecule has 0 aromatic rings. The van der Waals surface area contributed by atoms with Gasteiger partial charge in [0.15, 0.2) is 5.54 Å². The Morgan fingerprint density at radius 3 is 2.61 bits per heavy atom. The van der Waals surface area contributed by atoms with Crippen molar-refractivity contribution in [2.75, 3.05) is 7.11 Å². The summed E-state index contributed by atoms with van der Waals surface area (Å²) >= 11 is 0. The first-order chi connectivity index (χ1) is 10.8. The predicted molar refractivity (Wildman–Crippen MR) is 88.3 cm³/mol. The molecule has 1 aliphatic carbocycles. The lowest BCUT2D eigenvalue weighted by Crippen LogP contribution is -2.42. The highest BCUT2D eigenvalue weighted by Crippen LogP contribution is 2.38. The van der Waals surface area contributed by atoms with Gasteiger partial charge in [-0.3, -0.25) is 9.79 Å². The third kappa shape index (κ3) is 4.43. The minimum absolute atomic E-state index is 0.0659. The van der Waals surface area contributed by atoms with E-state index in [0.29, 0.717) is 6.42 Å². The maximum absolute atomic E-state index is 12.6. The summed E-state index contributed by atoms with van der Waals surface area (Å²) in [5, 5.41) is 0. The third-order valence-electron chi connectivity index (χ3n) is 4.43. The van der Waals surface area contributed by atoms with Crippen molar-refractivity contribution >= 4 is 18.2 Å². The SMILES string of the molecule is COC(=O)C1CCCC(CC2(C(=O)OC(C)(C)C)C=CC=N2)C1. The van der Waals surface area contributed by atoms with Gasteiger partial charge in [-0.1, -0.05) is 12.8 Å². The standard InChI is InChI=1S/C18H27NO4/c1-17(2,3)23-16(21)18(9-6-10-19-18)12-13-7-5-8-14(11-13)15(20)22-4/h6,9-10,13-14H,5,7-8,11-12H2,1-4H3. The number of hydrogen-bond acceptors (Lipinski definition) is 5. The zero-order valence-corrected chi connectivity index (χ0v) is 14.5. The lowest BCUT2D eigenvalue weighted by atomic mass is 9.75. The van der Waals surface area contributed by atoms with Crippen LogP contribution in [0.4, 0.5) is 0 Å². The number of nitrogens with zero attached hydrogens (tertiary/aromatic N) is 1. The Balaban J connectivity index is 2.08. The van der Waals surface area contributed by atoms with Crippen LogP contribution in [0.15, 0.2) is 17.1 Å². The van der Waals surface area contributed by atoms with Crippen LogP contribution in [-0.2, 0) is 19.1 Å². The van der Waals surface area contributed by atoms with Crippen LogP contribution in [-0.4, -0.2) is 36.4 Å². The number of hydrogen-bond donors (Lipinski definition) is 0. The topological polar surface area (TPSA) is 65.0 Å². The molecule has 1 heterocycles. The maximum atomic E-state index is 12.6. The van der Waals surface area contributed by atoms with Gasteiger partial charge in [0, 0.05) is 6.21 Å². The van der Waals surface area contributed by atoms with Crippen LogP contribution < -0.4 is 0 Å². The fourth-order valence-corrected chi connectivity index (χ4v) is 3.41. The summed E-state index contributed by atoms with van der Waals surface area (Å²) in [6.07, 6.45) is 9.45. The van der Waals surface area contributed by atoms with Gasteiger partial charge in [0.1, 0.15) is 5.60 Å². The normalized spacial score (nSPS) is 30.3. The Morgan fingerprint density at radius 2 is 2.04 bits per heavy atom. The van der Waals surface area contributed by atoms with Gasteiger partial charge in [-0.15, -0.1) is 0 Å². The van der Waals surface area contributed by atoms with E-state index in [2.05, 4.69) is 4.99 Å². The summed E-state index contributed by atoms with van der Waals surface area (Å²) < 4.78 is 10.4. The lowest BCUT2D eigenvalue weighted by Gasteiger charge is -2.34. The Labute approximate surface area is 138 Å². The minimum Gasteiger partial charge on any atom is -0.469 e. The summed E-state index contributed by atoms with van der Waals surface area (Å²) in [6.45, 7) is 5.57. The molecule has 0 N–H and O–H groups in total. The van der Waals surface area contributed by atoms with Gasteiger partial charge in [-0.2, -0.15) is 0 Å². The third-order valence-corrected chi connectivity index (χ3v) is 4.43. The Hall–Kier alpha value is -1.65. The highest BCUT2D eigenvalue weighted by atomic mass is 16.6. The lowest BCUT2D eigenvalue weighted by molar-refractivity contribution is -0.160. The molecule has 0 aromatic heterocycles. The molecule has 0 aromatic carbocycles. The van der Waals surface area contributed by atoms with E-state index in [1.54, 1.807) is 12.3 Å². The second-order valence-electron chi connectivity index (χ2n) is 7.52. The minimum atomic E-state index is -0.935. The summed E-state index contributed by atoms with van der Waals surface area (Å²) in [7, 11) is 1.43. The number of carbonyl (C=O) groups is 2. The second kappa shape index (κ2) is 6.85. The number of carbonyl (C=O) groups excluding carboxylic acids is 2. The van der Waals surface area contributed by atoms with Gasteiger partial charge in [-0.05, 0) is 58.1 Å².